The van der Waals surface area contributed by atoms with Crippen molar-refractivity contribution in [2.24, 2.45) is 10.8 Å². The van der Waals surface area contributed by atoms with Gasteiger partial charge >= 0.3 is 11.8 Å². The fraction of sp³-hybridized carbons (Fsp3) is 0.615. The molecule has 70 heavy (non-hydrogen) atoms. The summed E-state index contributed by atoms with van der Waals surface area (Å²) >= 11 is 0. The SMILES string of the molecule is CN[C@@H](C)C(=O)N[C@H](C(=O)N1CCC[C@@H]1CN(CCc1ccccc1)C(=O)CNC(=O)C(=O)NCC(=O)N(CCc1ccccc1)C[C@@H]1CCCN1C(=O)[C@@H](NC(=O)[C@H](C)NC)C(C)(C)C)C(C)(C)C. The van der Waals surface area contributed by atoms with Gasteiger partial charge in [0, 0.05) is 51.4 Å². The Kier molecular flexibility index (Phi) is 21.4. The van der Waals surface area contributed by atoms with E-state index in [0.29, 0.717) is 51.6 Å². The summed E-state index contributed by atoms with van der Waals surface area (Å²) in [4.78, 5) is 115. The van der Waals surface area contributed by atoms with E-state index in [1.807, 2.05) is 102 Å². The first-order valence-corrected chi connectivity index (χ1v) is 24.8. The van der Waals surface area contributed by atoms with E-state index in [0.717, 1.165) is 11.1 Å². The minimum Gasteiger partial charge on any atom is -0.342 e. The molecule has 386 valence electrons. The Morgan fingerprint density at radius 3 is 1.23 bits per heavy atom. The maximum Gasteiger partial charge on any atom is 0.309 e. The van der Waals surface area contributed by atoms with Crippen LogP contribution in [0.2, 0.25) is 0 Å². The van der Waals surface area contributed by atoms with E-state index < -0.39 is 71.7 Å². The van der Waals surface area contributed by atoms with Gasteiger partial charge in [-0.15, -0.1) is 0 Å². The Labute approximate surface area is 415 Å². The highest BCUT2D eigenvalue weighted by Gasteiger charge is 2.42. The maximum absolute atomic E-state index is 14.2. The second-order valence-electron chi connectivity index (χ2n) is 20.8. The topological polar surface area (TPSA) is 222 Å². The van der Waals surface area contributed by atoms with Crippen LogP contribution in [-0.2, 0) is 51.2 Å². The van der Waals surface area contributed by atoms with Crippen molar-refractivity contribution in [3.63, 3.8) is 0 Å². The summed E-state index contributed by atoms with van der Waals surface area (Å²) in [5.41, 5.74) is 0.770. The third-order valence-electron chi connectivity index (χ3n) is 13.4. The number of benzene rings is 2. The Morgan fingerprint density at radius 2 is 0.914 bits per heavy atom. The van der Waals surface area contributed by atoms with Gasteiger partial charge in [0.25, 0.3) is 0 Å². The number of carbonyl (C=O) groups is 8. The molecule has 2 saturated heterocycles. The highest BCUT2D eigenvalue weighted by atomic mass is 16.2. The van der Waals surface area contributed by atoms with E-state index in [4.69, 9.17) is 0 Å². The summed E-state index contributed by atoms with van der Waals surface area (Å²) in [5, 5.41) is 16.6. The van der Waals surface area contributed by atoms with Gasteiger partial charge in [-0.05, 0) is 88.4 Å². The average Bonchev–Trinajstić information content (AvgIpc) is 4.01. The number of likely N-dealkylation sites (tertiary alicyclic amines) is 2. The molecule has 2 aliphatic heterocycles. The lowest BCUT2D eigenvalue weighted by Crippen LogP contribution is -2.59. The highest BCUT2D eigenvalue weighted by Crippen LogP contribution is 2.28. The van der Waals surface area contributed by atoms with Crippen molar-refractivity contribution in [3.8, 4) is 0 Å². The lowest BCUT2D eigenvalue weighted by molar-refractivity contribution is -0.143. The molecule has 0 spiro atoms. The third-order valence-corrected chi connectivity index (χ3v) is 13.4. The molecule has 0 aromatic heterocycles. The molecule has 4 rings (SSSR count). The third kappa shape index (κ3) is 16.6. The number of nitrogens with zero attached hydrogens (tertiary/aromatic N) is 4. The molecule has 2 fully saturated rings. The largest absolute Gasteiger partial charge is 0.342 e. The number of carbonyl (C=O) groups excluding carboxylic acids is 8. The number of amides is 8. The second kappa shape index (κ2) is 26.4. The van der Waals surface area contributed by atoms with Crippen molar-refractivity contribution in [2.75, 3.05) is 66.5 Å². The summed E-state index contributed by atoms with van der Waals surface area (Å²) in [6, 6.07) is 15.9. The van der Waals surface area contributed by atoms with Gasteiger partial charge in [-0.2, -0.15) is 0 Å². The van der Waals surface area contributed by atoms with Gasteiger partial charge in [0.1, 0.15) is 12.1 Å². The average molecular weight is 973 g/mol. The normalized spacial score (nSPS) is 17.7. The molecule has 18 nitrogen and oxygen atoms in total. The van der Waals surface area contributed by atoms with E-state index in [9.17, 15) is 38.4 Å². The first-order valence-electron chi connectivity index (χ1n) is 24.8. The fourth-order valence-electron chi connectivity index (χ4n) is 8.71. The summed E-state index contributed by atoms with van der Waals surface area (Å²) in [6.07, 6.45) is 3.68. The number of nitrogens with one attached hydrogen (secondary N) is 6. The van der Waals surface area contributed by atoms with Crippen LogP contribution in [0.25, 0.3) is 0 Å². The lowest BCUT2D eigenvalue weighted by Gasteiger charge is -2.37. The lowest BCUT2D eigenvalue weighted by atomic mass is 9.85. The van der Waals surface area contributed by atoms with Gasteiger partial charge in [-0.1, -0.05) is 102 Å². The Balaban J connectivity index is 1.43. The van der Waals surface area contributed by atoms with Crippen molar-refractivity contribution in [3.05, 3.63) is 71.8 Å². The molecule has 2 aromatic carbocycles. The highest BCUT2D eigenvalue weighted by molar-refractivity contribution is 6.35. The summed E-state index contributed by atoms with van der Waals surface area (Å²) in [6.45, 7) is 15.6. The predicted octanol–water partition coefficient (Wildman–Crippen LogP) is 1.62. The van der Waals surface area contributed by atoms with E-state index in [-0.39, 0.29) is 61.9 Å². The van der Waals surface area contributed by atoms with Crippen LogP contribution in [0.5, 0.6) is 0 Å². The van der Waals surface area contributed by atoms with Gasteiger partial charge in [-0.3, -0.25) is 38.4 Å². The zero-order valence-corrected chi connectivity index (χ0v) is 43.2. The first kappa shape index (κ1) is 56.7. The van der Waals surface area contributed by atoms with Gasteiger partial charge < -0.3 is 51.5 Å². The second-order valence-corrected chi connectivity index (χ2v) is 20.8. The number of rotatable bonds is 22. The van der Waals surface area contributed by atoms with Gasteiger partial charge in [0.15, 0.2) is 0 Å². The molecule has 0 radical (unpaired) electrons. The molecule has 8 amide bonds. The van der Waals surface area contributed by atoms with Crippen LogP contribution in [0.15, 0.2) is 60.7 Å². The van der Waals surface area contributed by atoms with E-state index in [1.165, 1.54) is 0 Å². The molecule has 2 aliphatic rings. The first-order chi connectivity index (χ1) is 33.0. The number of likely N-dealkylation sites (N-methyl/N-ethyl adjacent to an activating group) is 2. The van der Waals surface area contributed by atoms with Gasteiger partial charge in [0.05, 0.1) is 25.2 Å². The Morgan fingerprint density at radius 1 is 0.571 bits per heavy atom. The molecular weight excluding hydrogens is 893 g/mol. The molecule has 6 N–H and O–H groups in total. The maximum atomic E-state index is 14.2. The molecule has 0 unspecified atom stereocenters. The quantitative estimate of drug-likeness (QED) is 0.0937. The van der Waals surface area contributed by atoms with Crippen molar-refractivity contribution >= 4 is 47.3 Å². The molecule has 2 aromatic rings. The molecule has 2 heterocycles. The molecular formula is C52H80N10O8. The van der Waals surface area contributed by atoms with Gasteiger partial charge in [-0.25, -0.2) is 0 Å². The van der Waals surface area contributed by atoms with E-state index >= 15 is 0 Å². The Bertz CT molecular complexity index is 1950. The van der Waals surface area contributed by atoms with Crippen molar-refractivity contribution < 1.29 is 38.4 Å². The van der Waals surface area contributed by atoms with E-state index in [1.54, 1.807) is 47.5 Å². The van der Waals surface area contributed by atoms with Crippen LogP contribution < -0.4 is 31.9 Å². The monoisotopic (exact) mass is 973 g/mol. The fourth-order valence-corrected chi connectivity index (χ4v) is 8.71. The molecule has 0 aliphatic carbocycles. The van der Waals surface area contributed by atoms with Crippen molar-refractivity contribution in [1.29, 1.82) is 0 Å². The van der Waals surface area contributed by atoms with Crippen LogP contribution >= 0.6 is 0 Å². The van der Waals surface area contributed by atoms with Crippen LogP contribution in [-0.4, -0.2) is 170 Å². The van der Waals surface area contributed by atoms with Crippen LogP contribution in [0.3, 0.4) is 0 Å². The van der Waals surface area contributed by atoms with Gasteiger partial charge in [0.2, 0.25) is 35.4 Å². The standard InChI is InChI=1S/C52H80N10O8/c1-35(53-9)45(65)57-43(51(3,4)5)49(69)61-27-17-23-39(61)33-59(29-25-37-19-13-11-14-20-37)41(63)31-55-47(67)48(68)56-32-42(64)60(30-26-38-21-15-12-16-22-38)34-40-24-18-28-62(40)50(70)44(52(6,7)8)58-46(66)36(2)54-10/h11-16,19-22,35-36,39-40,43-44,53-54H,17-18,23-34H2,1-10H3,(H,55,67)(H,56,68)(H,57,65)(H,58,66)/t35-,36-,39-,40+,43+,44+/m0/s1. The van der Waals surface area contributed by atoms with Crippen LogP contribution in [0.1, 0.15) is 92.2 Å². The summed E-state index contributed by atoms with van der Waals surface area (Å²) in [5.74, 6) is -4.15. The molecule has 0 saturated carbocycles. The summed E-state index contributed by atoms with van der Waals surface area (Å²) < 4.78 is 0. The zero-order chi connectivity index (χ0) is 51.8. The molecule has 0 bridgehead atoms. The van der Waals surface area contributed by atoms with Crippen LogP contribution in [0.4, 0.5) is 0 Å². The summed E-state index contributed by atoms with van der Waals surface area (Å²) in [7, 11) is 3.35. The minimum absolute atomic E-state index is 0.176. The number of hydrogen-bond acceptors (Lipinski definition) is 10. The van der Waals surface area contributed by atoms with Crippen LogP contribution in [0, 0.1) is 10.8 Å². The molecule has 18 heteroatoms. The zero-order valence-electron chi connectivity index (χ0n) is 43.2. The predicted molar refractivity (Wildman–Crippen MR) is 269 cm³/mol. The smallest absolute Gasteiger partial charge is 0.309 e. The minimum atomic E-state index is -1.09. The molecule has 6 atom stereocenters. The van der Waals surface area contributed by atoms with Crippen molar-refractivity contribution in [2.45, 2.75) is 130 Å². The Hall–Kier alpha value is -5.88. The number of hydrogen-bond donors (Lipinski definition) is 6. The van der Waals surface area contributed by atoms with E-state index in [2.05, 4.69) is 31.9 Å². The van der Waals surface area contributed by atoms with Crippen molar-refractivity contribution in [1.82, 2.24) is 51.5 Å².